The van der Waals surface area contributed by atoms with Gasteiger partial charge in [0.25, 0.3) is 0 Å². The molecule has 0 bridgehead atoms. The van der Waals surface area contributed by atoms with E-state index in [1.165, 1.54) is 7.11 Å². The third kappa shape index (κ3) is 4.33. The van der Waals surface area contributed by atoms with Crippen LogP contribution in [-0.4, -0.2) is 36.7 Å². The van der Waals surface area contributed by atoms with E-state index in [9.17, 15) is 9.59 Å². The van der Waals surface area contributed by atoms with Gasteiger partial charge in [-0.05, 0) is 42.8 Å². The topological polar surface area (TPSA) is 94.4 Å². The van der Waals surface area contributed by atoms with Gasteiger partial charge in [-0.25, -0.2) is 14.6 Å². The van der Waals surface area contributed by atoms with Crippen molar-refractivity contribution in [2.24, 2.45) is 4.99 Å². The number of hydrogen-bond acceptors (Lipinski definition) is 6. The highest BCUT2D eigenvalue weighted by molar-refractivity contribution is 6.12. The molecule has 0 atom stereocenters. The standard InChI is InChI=1S/C20H17NO6/c1-12-4-3-5-14(8-12)19-21-15(20(24)27-19)9-13-6-7-16(17(10-13)25-2)26-11-18(22)23/h3-10H,11H2,1-2H3,(H,22,23)/b15-9-. The summed E-state index contributed by atoms with van der Waals surface area (Å²) in [6, 6.07) is 12.4. The van der Waals surface area contributed by atoms with Gasteiger partial charge in [0.2, 0.25) is 5.90 Å². The van der Waals surface area contributed by atoms with Gasteiger partial charge in [-0.3, -0.25) is 0 Å². The van der Waals surface area contributed by atoms with E-state index >= 15 is 0 Å². The lowest BCUT2D eigenvalue weighted by atomic mass is 10.1. The van der Waals surface area contributed by atoms with Gasteiger partial charge in [-0.1, -0.05) is 23.8 Å². The summed E-state index contributed by atoms with van der Waals surface area (Å²) in [6.45, 7) is 1.46. The maximum absolute atomic E-state index is 12.1. The molecule has 2 aromatic rings. The fraction of sp³-hybridized carbons (Fsp3) is 0.150. The molecular formula is C20H17NO6. The summed E-state index contributed by atoms with van der Waals surface area (Å²) in [4.78, 5) is 27.0. The molecule has 1 N–H and O–H groups in total. The number of carbonyl (C=O) groups is 2. The first-order chi connectivity index (χ1) is 13.0. The van der Waals surface area contributed by atoms with Crippen LogP contribution >= 0.6 is 0 Å². The van der Waals surface area contributed by atoms with Crippen LogP contribution in [0.5, 0.6) is 11.5 Å². The molecule has 7 nitrogen and oxygen atoms in total. The maximum Gasteiger partial charge on any atom is 0.363 e. The molecule has 1 heterocycles. The van der Waals surface area contributed by atoms with Crippen molar-refractivity contribution in [3.05, 3.63) is 64.9 Å². The first-order valence-corrected chi connectivity index (χ1v) is 8.08. The van der Waals surface area contributed by atoms with E-state index in [1.807, 2.05) is 31.2 Å². The van der Waals surface area contributed by atoms with Crippen molar-refractivity contribution in [3.8, 4) is 11.5 Å². The van der Waals surface area contributed by atoms with E-state index in [-0.39, 0.29) is 11.6 Å². The molecule has 0 aliphatic carbocycles. The molecule has 27 heavy (non-hydrogen) atoms. The average Bonchev–Trinajstić information content (AvgIpc) is 3.01. The van der Waals surface area contributed by atoms with Gasteiger partial charge < -0.3 is 19.3 Å². The molecule has 1 aliphatic rings. The summed E-state index contributed by atoms with van der Waals surface area (Å²) < 4.78 is 15.6. The quantitative estimate of drug-likeness (QED) is 0.623. The highest BCUT2D eigenvalue weighted by atomic mass is 16.6. The predicted molar refractivity (Wildman–Crippen MR) is 97.9 cm³/mol. The molecular weight excluding hydrogens is 350 g/mol. The maximum atomic E-state index is 12.1. The number of cyclic esters (lactones) is 1. The number of ether oxygens (including phenoxy) is 3. The predicted octanol–water partition coefficient (Wildman–Crippen LogP) is 2.81. The average molecular weight is 367 g/mol. The molecule has 0 fully saturated rings. The van der Waals surface area contributed by atoms with Gasteiger partial charge in [-0.2, -0.15) is 0 Å². The Hall–Kier alpha value is -3.61. The molecule has 7 heteroatoms. The van der Waals surface area contributed by atoms with Gasteiger partial charge >= 0.3 is 11.9 Å². The number of aliphatic carboxylic acids is 1. The van der Waals surface area contributed by atoms with Gasteiger partial charge in [-0.15, -0.1) is 0 Å². The Balaban J connectivity index is 1.87. The zero-order valence-electron chi connectivity index (χ0n) is 14.8. The second kappa shape index (κ2) is 7.74. The van der Waals surface area contributed by atoms with Crippen LogP contribution in [0.1, 0.15) is 16.7 Å². The molecule has 0 spiro atoms. The number of rotatable bonds is 6. The largest absolute Gasteiger partial charge is 0.493 e. The van der Waals surface area contributed by atoms with Crippen LogP contribution in [0.4, 0.5) is 0 Å². The first kappa shape index (κ1) is 18.2. The van der Waals surface area contributed by atoms with E-state index < -0.39 is 18.5 Å². The highest BCUT2D eigenvalue weighted by Crippen LogP contribution is 2.29. The van der Waals surface area contributed by atoms with Crippen LogP contribution in [0.15, 0.2) is 53.2 Å². The number of methoxy groups -OCH3 is 1. The monoisotopic (exact) mass is 367 g/mol. The summed E-state index contributed by atoms with van der Waals surface area (Å²) in [5, 5.41) is 8.71. The van der Waals surface area contributed by atoms with Gasteiger partial charge in [0, 0.05) is 5.56 Å². The van der Waals surface area contributed by atoms with Crippen molar-refractivity contribution < 1.29 is 28.9 Å². The smallest absolute Gasteiger partial charge is 0.363 e. The lowest BCUT2D eigenvalue weighted by Gasteiger charge is -2.09. The zero-order chi connectivity index (χ0) is 19.4. The Labute approximate surface area is 155 Å². The Morgan fingerprint density at radius 2 is 2.04 bits per heavy atom. The summed E-state index contributed by atoms with van der Waals surface area (Å²) in [7, 11) is 1.44. The van der Waals surface area contributed by atoms with Crippen LogP contribution in [0.25, 0.3) is 6.08 Å². The Morgan fingerprint density at radius 1 is 1.22 bits per heavy atom. The fourth-order valence-corrected chi connectivity index (χ4v) is 2.50. The summed E-state index contributed by atoms with van der Waals surface area (Å²) in [5.41, 5.74) is 2.55. The molecule has 0 amide bonds. The number of benzene rings is 2. The molecule has 0 radical (unpaired) electrons. The second-order valence-corrected chi connectivity index (χ2v) is 5.80. The van der Waals surface area contributed by atoms with Crippen LogP contribution in [0.3, 0.4) is 0 Å². The summed E-state index contributed by atoms with van der Waals surface area (Å²) in [6.07, 6.45) is 1.56. The van der Waals surface area contributed by atoms with Crippen molar-refractivity contribution in [1.82, 2.24) is 0 Å². The highest BCUT2D eigenvalue weighted by Gasteiger charge is 2.24. The van der Waals surface area contributed by atoms with Gasteiger partial charge in [0.15, 0.2) is 23.8 Å². The summed E-state index contributed by atoms with van der Waals surface area (Å²) in [5.74, 6) is -0.741. The van der Waals surface area contributed by atoms with Gasteiger partial charge in [0.1, 0.15) is 0 Å². The molecule has 0 aromatic heterocycles. The molecule has 0 unspecified atom stereocenters. The Morgan fingerprint density at radius 3 is 2.74 bits per heavy atom. The third-order valence-electron chi connectivity index (χ3n) is 3.73. The van der Waals surface area contributed by atoms with E-state index in [0.717, 1.165) is 11.1 Å². The number of nitrogens with zero attached hydrogens (tertiary/aromatic N) is 1. The normalized spacial score (nSPS) is 14.7. The molecule has 138 valence electrons. The van der Waals surface area contributed by atoms with E-state index in [2.05, 4.69) is 4.99 Å². The van der Waals surface area contributed by atoms with E-state index in [0.29, 0.717) is 17.1 Å². The molecule has 1 aliphatic heterocycles. The number of esters is 1. The van der Waals surface area contributed by atoms with Crippen molar-refractivity contribution >= 4 is 23.9 Å². The van der Waals surface area contributed by atoms with Crippen molar-refractivity contribution in [2.75, 3.05) is 13.7 Å². The van der Waals surface area contributed by atoms with E-state index in [1.54, 1.807) is 24.3 Å². The van der Waals surface area contributed by atoms with Crippen LogP contribution < -0.4 is 9.47 Å². The van der Waals surface area contributed by atoms with Crippen molar-refractivity contribution in [2.45, 2.75) is 6.92 Å². The first-order valence-electron chi connectivity index (χ1n) is 8.08. The SMILES string of the molecule is COc1cc(/C=C2\N=C(c3cccc(C)c3)OC2=O)ccc1OCC(=O)O. The van der Waals surface area contributed by atoms with Crippen molar-refractivity contribution in [1.29, 1.82) is 0 Å². The third-order valence-corrected chi connectivity index (χ3v) is 3.73. The number of carboxylic acids is 1. The number of hydrogen-bond donors (Lipinski definition) is 1. The Kier molecular flexibility index (Phi) is 5.21. The fourth-order valence-electron chi connectivity index (χ4n) is 2.50. The van der Waals surface area contributed by atoms with Crippen LogP contribution in [0, 0.1) is 6.92 Å². The molecule has 2 aromatic carbocycles. The minimum atomic E-state index is -1.09. The van der Waals surface area contributed by atoms with Gasteiger partial charge in [0.05, 0.1) is 7.11 Å². The lowest BCUT2D eigenvalue weighted by molar-refractivity contribution is -0.139. The lowest BCUT2D eigenvalue weighted by Crippen LogP contribution is -2.10. The molecule has 0 saturated carbocycles. The Bertz CT molecular complexity index is 961. The van der Waals surface area contributed by atoms with E-state index in [4.69, 9.17) is 19.3 Å². The van der Waals surface area contributed by atoms with Crippen molar-refractivity contribution in [3.63, 3.8) is 0 Å². The van der Waals surface area contributed by atoms with Crippen LogP contribution in [0.2, 0.25) is 0 Å². The number of carboxylic acid groups (broad SMARTS) is 1. The molecule has 0 saturated heterocycles. The number of carbonyl (C=O) groups excluding carboxylic acids is 1. The minimum Gasteiger partial charge on any atom is -0.493 e. The number of aliphatic imine (C=N–C) groups is 1. The second-order valence-electron chi connectivity index (χ2n) is 5.80. The number of aryl methyl sites for hydroxylation is 1. The minimum absolute atomic E-state index is 0.160. The molecule has 3 rings (SSSR count). The zero-order valence-corrected chi connectivity index (χ0v) is 14.8. The van der Waals surface area contributed by atoms with Crippen LogP contribution in [-0.2, 0) is 14.3 Å². The summed E-state index contributed by atoms with van der Waals surface area (Å²) >= 11 is 0.